The van der Waals surface area contributed by atoms with Gasteiger partial charge >= 0.3 is 0 Å². The molecule has 0 aliphatic rings. The van der Waals surface area contributed by atoms with Crippen LogP contribution in [0.4, 0.5) is 0 Å². The predicted octanol–water partition coefficient (Wildman–Crippen LogP) is 2.39. The number of aliphatic hydroxyl groups is 3. The Morgan fingerprint density at radius 1 is 0.680 bits per heavy atom. The summed E-state index contributed by atoms with van der Waals surface area (Å²) in [4.78, 5) is 0. The van der Waals surface area contributed by atoms with Gasteiger partial charge in [-0.15, -0.1) is 0 Å². The first-order valence-electron chi connectivity index (χ1n) is 8.44. The average molecular weight is 335 g/mol. The zero-order chi connectivity index (χ0) is 17.4. The van der Waals surface area contributed by atoms with Crippen molar-refractivity contribution < 1.29 is 15.3 Å². The van der Waals surface area contributed by atoms with Crippen molar-refractivity contribution in [2.75, 3.05) is 19.8 Å². The second-order valence-electron chi connectivity index (χ2n) is 6.74. The van der Waals surface area contributed by atoms with E-state index in [0.29, 0.717) is 6.54 Å². The van der Waals surface area contributed by atoms with E-state index in [2.05, 4.69) is 59.9 Å². The summed E-state index contributed by atoms with van der Waals surface area (Å²) in [6.07, 6.45) is 0. The van der Waals surface area contributed by atoms with Crippen molar-refractivity contribution in [1.82, 2.24) is 5.32 Å². The summed E-state index contributed by atoms with van der Waals surface area (Å²) >= 11 is 0. The molecule has 0 aromatic heterocycles. The molecule has 0 saturated carbocycles. The minimum atomic E-state index is -1.07. The molecule has 4 aromatic carbocycles. The lowest BCUT2D eigenvalue weighted by Gasteiger charge is -2.29. The monoisotopic (exact) mass is 335 g/mol. The van der Waals surface area contributed by atoms with Crippen LogP contribution in [-0.4, -0.2) is 40.7 Å². The van der Waals surface area contributed by atoms with Crippen molar-refractivity contribution in [3.63, 3.8) is 0 Å². The van der Waals surface area contributed by atoms with E-state index in [0.717, 1.165) is 5.56 Å². The highest BCUT2D eigenvalue weighted by Gasteiger charge is 2.27. The number of hydrogen-bond donors (Lipinski definition) is 4. The van der Waals surface area contributed by atoms with Crippen LogP contribution >= 0.6 is 0 Å². The molecule has 0 radical (unpaired) electrons. The number of benzene rings is 4. The van der Waals surface area contributed by atoms with E-state index in [1.54, 1.807) is 0 Å². The molecule has 0 aliphatic heterocycles. The summed E-state index contributed by atoms with van der Waals surface area (Å²) in [5.41, 5.74) is -0.0240. The Morgan fingerprint density at radius 3 is 1.68 bits per heavy atom. The first kappa shape index (κ1) is 16.2. The minimum Gasteiger partial charge on any atom is -0.394 e. The van der Waals surface area contributed by atoms with Crippen LogP contribution in [0.5, 0.6) is 0 Å². The highest BCUT2D eigenvalue weighted by Crippen LogP contribution is 2.35. The SMILES string of the molecule is OCC(CO)(CO)NCc1cc2ccc3cccc4ccc(c1)c2c34. The molecule has 0 aliphatic carbocycles. The molecule has 4 heteroatoms. The molecule has 4 rings (SSSR count). The highest BCUT2D eigenvalue weighted by atomic mass is 16.3. The fourth-order valence-corrected chi connectivity index (χ4v) is 3.53. The van der Waals surface area contributed by atoms with Crippen molar-refractivity contribution >= 4 is 32.3 Å². The van der Waals surface area contributed by atoms with Gasteiger partial charge in [-0.3, -0.25) is 0 Å². The second kappa shape index (κ2) is 6.24. The molecule has 4 nitrogen and oxygen atoms in total. The Balaban J connectivity index is 1.79. The van der Waals surface area contributed by atoms with Crippen LogP contribution in [0.1, 0.15) is 5.56 Å². The number of nitrogens with one attached hydrogen (secondary N) is 1. The van der Waals surface area contributed by atoms with Crippen LogP contribution in [0.15, 0.2) is 54.6 Å². The minimum absolute atomic E-state index is 0.325. The van der Waals surface area contributed by atoms with Crippen LogP contribution in [0.2, 0.25) is 0 Å². The fraction of sp³-hybridized carbons (Fsp3) is 0.238. The molecule has 0 fully saturated rings. The number of hydrogen-bond acceptors (Lipinski definition) is 4. The smallest absolute Gasteiger partial charge is 0.0884 e. The molecule has 25 heavy (non-hydrogen) atoms. The molecular weight excluding hydrogens is 314 g/mol. The summed E-state index contributed by atoms with van der Waals surface area (Å²) in [5, 5.41) is 38.8. The van der Waals surface area contributed by atoms with Gasteiger partial charge in [0, 0.05) is 6.54 Å². The zero-order valence-electron chi connectivity index (χ0n) is 13.9. The van der Waals surface area contributed by atoms with E-state index in [-0.39, 0.29) is 19.8 Å². The van der Waals surface area contributed by atoms with Crippen LogP contribution in [0.25, 0.3) is 32.3 Å². The lowest BCUT2D eigenvalue weighted by molar-refractivity contribution is 0.0414. The van der Waals surface area contributed by atoms with Gasteiger partial charge in [-0.2, -0.15) is 0 Å². The van der Waals surface area contributed by atoms with Crippen LogP contribution in [0, 0.1) is 0 Å². The second-order valence-corrected chi connectivity index (χ2v) is 6.74. The Morgan fingerprint density at radius 2 is 1.16 bits per heavy atom. The molecule has 0 atom stereocenters. The first-order chi connectivity index (χ1) is 12.2. The van der Waals surface area contributed by atoms with E-state index in [9.17, 15) is 15.3 Å². The molecular formula is C21H21NO3. The normalized spacial score (nSPS) is 12.6. The van der Waals surface area contributed by atoms with E-state index >= 15 is 0 Å². The van der Waals surface area contributed by atoms with Gasteiger partial charge in [-0.25, -0.2) is 0 Å². The van der Waals surface area contributed by atoms with Crippen LogP contribution < -0.4 is 5.32 Å². The quantitative estimate of drug-likeness (QED) is 0.408. The third-order valence-corrected chi connectivity index (χ3v) is 5.10. The summed E-state index contributed by atoms with van der Waals surface area (Å²) in [7, 11) is 0. The zero-order valence-corrected chi connectivity index (χ0v) is 13.9. The third-order valence-electron chi connectivity index (χ3n) is 5.10. The van der Waals surface area contributed by atoms with E-state index in [1.165, 1.54) is 32.3 Å². The summed E-state index contributed by atoms with van der Waals surface area (Å²) in [5.74, 6) is 0. The maximum absolute atomic E-state index is 9.46. The van der Waals surface area contributed by atoms with E-state index < -0.39 is 5.54 Å². The average Bonchev–Trinajstić information content (AvgIpc) is 2.67. The Kier molecular flexibility index (Phi) is 4.06. The molecule has 0 saturated heterocycles. The van der Waals surface area contributed by atoms with Gasteiger partial charge in [0.05, 0.1) is 25.4 Å². The van der Waals surface area contributed by atoms with Gasteiger partial charge in [0.2, 0.25) is 0 Å². The maximum atomic E-state index is 9.46. The molecule has 0 unspecified atom stereocenters. The molecule has 4 N–H and O–H groups in total. The van der Waals surface area contributed by atoms with E-state index in [4.69, 9.17) is 0 Å². The Bertz CT molecular complexity index is 952. The fourth-order valence-electron chi connectivity index (χ4n) is 3.53. The van der Waals surface area contributed by atoms with Crippen LogP contribution in [0.3, 0.4) is 0 Å². The van der Waals surface area contributed by atoms with E-state index in [1.807, 2.05) is 0 Å². The van der Waals surface area contributed by atoms with Crippen LogP contribution in [-0.2, 0) is 6.54 Å². The van der Waals surface area contributed by atoms with Gasteiger partial charge < -0.3 is 20.6 Å². The molecule has 0 spiro atoms. The standard InChI is InChI=1S/C21H21NO3/c23-11-21(12-24,13-25)22-10-14-8-17-6-4-15-2-1-3-16-5-7-18(9-14)20(17)19(15)16/h1-9,22-25H,10-13H2. The van der Waals surface area contributed by atoms with Crippen molar-refractivity contribution in [3.05, 3.63) is 60.2 Å². The van der Waals surface area contributed by atoms with Gasteiger partial charge in [0.25, 0.3) is 0 Å². The number of rotatable bonds is 6. The number of aliphatic hydroxyl groups excluding tert-OH is 3. The van der Waals surface area contributed by atoms with Crippen molar-refractivity contribution in [2.45, 2.75) is 12.1 Å². The van der Waals surface area contributed by atoms with Crippen molar-refractivity contribution in [1.29, 1.82) is 0 Å². The molecule has 0 amide bonds. The van der Waals surface area contributed by atoms with Crippen molar-refractivity contribution in [2.24, 2.45) is 0 Å². The van der Waals surface area contributed by atoms with Gasteiger partial charge in [-0.1, -0.05) is 42.5 Å². The molecule has 4 aromatic rings. The maximum Gasteiger partial charge on any atom is 0.0884 e. The molecule has 0 bridgehead atoms. The predicted molar refractivity (Wildman–Crippen MR) is 101 cm³/mol. The lowest BCUT2D eigenvalue weighted by Crippen LogP contribution is -2.54. The third kappa shape index (κ3) is 2.64. The van der Waals surface area contributed by atoms with Gasteiger partial charge in [-0.05, 0) is 50.0 Å². The van der Waals surface area contributed by atoms with Gasteiger partial charge in [0.1, 0.15) is 0 Å². The molecule has 0 heterocycles. The largest absolute Gasteiger partial charge is 0.394 e. The van der Waals surface area contributed by atoms with Gasteiger partial charge in [0.15, 0.2) is 0 Å². The molecule has 128 valence electrons. The first-order valence-corrected chi connectivity index (χ1v) is 8.44. The summed E-state index contributed by atoms with van der Waals surface area (Å²) < 4.78 is 0. The topological polar surface area (TPSA) is 72.7 Å². The summed E-state index contributed by atoms with van der Waals surface area (Å²) in [6.45, 7) is -0.519. The Hall–Kier alpha value is -2.24. The summed E-state index contributed by atoms with van der Waals surface area (Å²) in [6, 6.07) is 19.1. The highest BCUT2D eigenvalue weighted by molar-refractivity contribution is 6.23. The van der Waals surface area contributed by atoms with Crippen molar-refractivity contribution in [3.8, 4) is 0 Å². The Labute approximate surface area is 145 Å². The lowest BCUT2D eigenvalue weighted by atomic mass is 9.92.